The molecule has 0 rings (SSSR count). The molecular weight excluding hydrogens is 154 g/mol. The molecule has 0 bridgehead atoms. The predicted molar refractivity (Wildman–Crippen MR) is 50.3 cm³/mol. The summed E-state index contributed by atoms with van der Waals surface area (Å²) in [6, 6.07) is -0.0197. The number of hydrogen-bond donors (Lipinski definition) is 1. The fourth-order valence-electron chi connectivity index (χ4n) is 0.749. The van der Waals surface area contributed by atoms with E-state index < -0.39 is 0 Å². The van der Waals surface area contributed by atoms with E-state index in [9.17, 15) is 4.79 Å². The van der Waals surface area contributed by atoms with Crippen molar-refractivity contribution < 1.29 is 4.79 Å². The lowest BCUT2D eigenvalue weighted by molar-refractivity contribution is 0.217. The molecule has 1 N–H and O–H groups in total. The van der Waals surface area contributed by atoms with Gasteiger partial charge in [0.05, 0.1) is 0 Å². The van der Waals surface area contributed by atoms with Crippen LogP contribution in [0, 0.1) is 0 Å². The average molecular weight is 173 g/mol. The molecule has 0 aliphatic heterocycles. The monoisotopic (exact) mass is 173 g/mol. The second kappa shape index (κ2) is 5.83. The number of rotatable bonds is 4. The number of carbonyl (C=O) groups is 1. The summed E-state index contributed by atoms with van der Waals surface area (Å²) >= 11 is 0. The van der Waals surface area contributed by atoms with Gasteiger partial charge in [-0.3, -0.25) is 0 Å². The first-order chi connectivity index (χ1) is 5.54. The van der Waals surface area contributed by atoms with E-state index in [2.05, 4.69) is 10.2 Å². The third-order valence-electron chi connectivity index (χ3n) is 1.46. The molecule has 0 aliphatic rings. The van der Waals surface area contributed by atoms with Crippen molar-refractivity contribution in [3.8, 4) is 0 Å². The number of nitrogens with zero attached hydrogens (tertiary/aromatic N) is 2. The highest BCUT2D eigenvalue weighted by Gasteiger charge is 2.00. The maximum atomic E-state index is 11.0. The summed E-state index contributed by atoms with van der Waals surface area (Å²) in [5.41, 5.74) is 0. The molecule has 0 atom stereocenters. The summed E-state index contributed by atoms with van der Waals surface area (Å²) in [6.07, 6.45) is 0.993. The number of nitrogens with one attached hydrogen (secondary N) is 1. The quantitative estimate of drug-likeness (QED) is 0.617. The van der Waals surface area contributed by atoms with Gasteiger partial charge in [0.15, 0.2) is 0 Å². The molecule has 0 saturated carbocycles. The van der Waals surface area contributed by atoms with Gasteiger partial charge >= 0.3 is 6.03 Å². The molecule has 2 amide bonds. The number of urea groups is 1. The zero-order chi connectivity index (χ0) is 9.56. The van der Waals surface area contributed by atoms with Crippen LogP contribution in [0.5, 0.6) is 0 Å². The molecular formula is C8H19N3O. The van der Waals surface area contributed by atoms with Gasteiger partial charge in [0.25, 0.3) is 0 Å². The van der Waals surface area contributed by atoms with Crippen LogP contribution in [-0.4, -0.2) is 57.1 Å². The van der Waals surface area contributed by atoms with Crippen LogP contribution in [0.2, 0.25) is 0 Å². The van der Waals surface area contributed by atoms with Crippen LogP contribution in [0.1, 0.15) is 6.42 Å². The van der Waals surface area contributed by atoms with E-state index in [1.54, 1.807) is 14.1 Å². The molecule has 0 radical (unpaired) electrons. The van der Waals surface area contributed by atoms with Gasteiger partial charge in [-0.1, -0.05) is 0 Å². The summed E-state index contributed by atoms with van der Waals surface area (Å²) in [5.74, 6) is 0. The molecule has 0 spiro atoms. The molecule has 0 heterocycles. The van der Waals surface area contributed by atoms with Crippen LogP contribution >= 0.6 is 0 Å². The Morgan fingerprint density at radius 2 is 1.83 bits per heavy atom. The van der Waals surface area contributed by atoms with Crippen molar-refractivity contribution in [3.63, 3.8) is 0 Å². The Labute approximate surface area is 74.5 Å². The minimum Gasteiger partial charge on any atom is -0.338 e. The molecule has 0 aliphatic carbocycles. The van der Waals surface area contributed by atoms with E-state index >= 15 is 0 Å². The van der Waals surface area contributed by atoms with E-state index in [1.165, 1.54) is 4.90 Å². The van der Waals surface area contributed by atoms with Crippen molar-refractivity contribution in [2.24, 2.45) is 0 Å². The SMILES string of the molecule is CN(C)CCCNC(=O)N(C)C. The van der Waals surface area contributed by atoms with Gasteiger partial charge in [0.1, 0.15) is 0 Å². The normalized spacial score (nSPS) is 10.1. The van der Waals surface area contributed by atoms with E-state index in [0.717, 1.165) is 19.5 Å². The predicted octanol–water partition coefficient (Wildman–Crippen LogP) is 0.209. The zero-order valence-electron chi connectivity index (χ0n) is 8.42. The van der Waals surface area contributed by atoms with Gasteiger partial charge in [-0.2, -0.15) is 0 Å². The Kier molecular flexibility index (Phi) is 5.45. The van der Waals surface area contributed by atoms with Crippen molar-refractivity contribution >= 4 is 6.03 Å². The molecule has 4 nitrogen and oxygen atoms in total. The standard InChI is InChI=1S/C8H19N3O/c1-10(2)7-5-6-9-8(12)11(3)4/h5-7H2,1-4H3,(H,9,12). The van der Waals surface area contributed by atoms with Gasteiger partial charge in [-0.25, -0.2) is 4.79 Å². The first-order valence-electron chi connectivity index (χ1n) is 4.14. The van der Waals surface area contributed by atoms with Crippen LogP contribution in [0.4, 0.5) is 4.79 Å². The fourth-order valence-corrected chi connectivity index (χ4v) is 0.749. The van der Waals surface area contributed by atoms with Crippen LogP contribution in [0.25, 0.3) is 0 Å². The number of hydrogen-bond acceptors (Lipinski definition) is 2. The summed E-state index contributed by atoms with van der Waals surface area (Å²) in [6.45, 7) is 1.75. The van der Waals surface area contributed by atoms with E-state index in [4.69, 9.17) is 0 Å². The van der Waals surface area contributed by atoms with Crippen LogP contribution in [0.15, 0.2) is 0 Å². The van der Waals surface area contributed by atoms with Crippen molar-refractivity contribution in [1.82, 2.24) is 15.1 Å². The Bertz CT molecular complexity index is 134. The number of carbonyl (C=O) groups excluding carboxylic acids is 1. The summed E-state index contributed by atoms with van der Waals surface area (Å²) in [4.78, 5) is 14.6. The molecule has 0 unspecified atom stereocenters. The smallest absolute Gasteiger partial charge is 0.316 e. The highest BCUT2D eigenvalue weighted by molar-refractivity contribution is 5.73. The molecule has 0 aromatic carbocycles. The second-order valence-corrected chi connectivity index (χ2v) is 3.28. The van der Waals surface area contributed by atoms with Crippen molar-refractivity contribution in [1.29, 1.82) is 0 Å². The maximum Gasteiger partial charge on any atom is 0.316 e. The largest absolute Gasteiger partial charge is 0.338 e. The lowest BCUT2D eigenvalue weighted by Crippen LogP contribution is -2.35. The van der Waals surface area contributed by atoms with Crippen LogP contribution in [0.3, 0.4) is 0 Å². The van der Waals surface area contributed by atoms with Crippen molar-refractivity contribution in [2.45, 2.75) is 6.42 Å². The van der Waals surface area contributed by atoms with E-state index in [-0.39, 0.29) is 6.03 Å². The lowest BCUT2D eigenvalue weighted by atomic mass is 10.4. The molecule has 0 fully saturated rings. The highest BCUT2D eigenvalue weighted by atomic mass is 16.2. The molecule has 72 valence electrons. The van der Waals surface area contributed by atoms with Crippen molar-refractivity contribution in [3.05, 3.63) is 0 Å². The Hall–Kier alpha value is -0.770. The first kappa shape index (κ1) is 11.2. The topological polar surface area (TPSA) is 35.6 Å². The molecule has 0 aromatic rings. The molecule has 12 heavy (non-hydrogen) atoms. The van der Waals surface area contributed by atoms with E-state index in [1.807, 2.05) is 14.1 Å². The highest BCUT2D eigenvalue weighted by Crippen LogP contribution is 1.82. The first-order valence-corrected chi connectivity index (χ1v) is 4.14. The third kappa shape index (κ3) is 5.97. The average Bonchev–Trinajstić information content (AvgIpc) is 1.97. The van der Waals surface area contributed by atoms with Gasteiger partial charge in [0.2, 0.25) is 0 Å². The van der Waals surface area contributed by atoms with Crippen LogP contribution in [-0.2, 0) is 0 Å². The Morgan fingerprint density at radius 1 is 1.25 bits per heavy atom. The molecule has 0 aromatic heterocycles. The van der Waals surface area contributed by atoms with Gasteiger partial charge < -0.3 is 15.1 Å². The van der Waals surface area contributed by atoms with Crippen molar-refractivity contribution in [2.75, 3.05) is 41.3 Å². The van der Waals surface area contributed by atoms with Gasteiger partial charge in [-0.05, 0) is 27.1 Å². The van der Waals surface area contributed by atoms with Gasteiger partial charge in [0, 0.05) is 20.6 Å². The minimum absolute atomic E-state index is 0.0197. The maximum absolute atomic E-state index is 11.0. The van der Waals surface area contributed by atoms with Gasteiger partial charge in [-0.15, -0.1) is 0 Å². The zero-order valence-corrected chi connectivity index (χ0v) is 8.42. The van der Waals surface area contributed by atoms with E-state index in [0.29, 0.717) is 0 Å². The second-order valence-electron chi connectivity index (χ2n) is 3.28. The Balaban J connectivity index is 3.26. The van der Waals surface area contributed by atoms with Crippen LogP contribution < -0.4 is 5.32 Å². The number of amides is 2. The fraction of sp³-hybridized carbons (Fsp3) is 0.875. The minimum atomic E-state index is -0.0197. The summed E-state index contributed by atoms with van der Waals surface area (Å²) in [5, 5.41) is 2.80. The summed E-state index contributed by atoms with van der Waals surface area (Å²) in [7, 11) is 7.52. The molecule has 4 heteroatoms. The Morgan fingerprint density at radius 3 is 2.25 bits per heavy atom. The third-order valence-corrected chi connectivity index (χ3v) is 1.46. The molecule has 0 saturated heterocycles. The lowest BCUT2D eigenvalue weighted by Gasteiger charge is -2.13. The summed E-state index contributed by atoms with van der Waals surface area (Å²) < 4.78 is 0.